The lowest BCUT2D eigenvalue weighted by molar-refractivity contribution is 0.0626. The minimum atomic E-state index is 0.301. The third-order valence-corrected chi connectivity index (χ3v) is 3.16. The van der Waals surface area contributed by atoms with Crippen molar-refractivity contribution in [3.05, 3.63) is 23.2 Å². The molecule has 1 aromatic heterocycles. The molecule has 0 saturated carbocycles. The van der Waals surface area contributed by atoms with Crippen molar-refractivity contribution >= 4 is 0 Å². The summed E-state index contributed by atoms with van der Waals surface area (Å²) in [6.07, 6.45) is 1.45. The maximum atomic E-state index is 5.78. The fourth-order valence-electron chi connectivity index (χ4n) is 2.03. The second-order valence-electron chi connectivity index (χ2n) is 5.63. The summed E-state index contributed by atoms with van der Waals surface area (Å²) in [4.78, 5) is 2.27. The molecule has 0 saturated heterocycles. The quantitative estimate of drug-likeness (QED) is 0.670. The van der Waals surface area contributed by atoms with Crippen molar-refractivity contribution in [2.75, 3.05) is 26.7 Å². The van der Waals surface area contributed by atoms with Gasteiger partial charge in [-0.2, -0.15) is 0 Å². The molecule has 0 fully saturated rings. The number of hydrogen-bond donors (Lipinski definition) is 1. The normalized spacial score (nSPS) is 11.8. The van der Waals surface area contributed by atoms with E-state index in [4.69, 9.17) is 9.15 Å². The zero-order chi connectivity index (χ0) is 15.0. The topological polar surface area (TPSA) is 37.6 Å². The average Bonchev–Trinajstić information content (AvgIpc) is 2.70. The summed E-state index contributed by atoms with van der Waals surface area (Å²) in [5.41, 5.74) is 1.27. The van der Waals surface area contributed by atoms with Crippen LogP contribution in [0.1, 0.15) is 44.3 Å². The molecule has 1 N–H and O–H groups in total. The van der Waals surface area contributed by atoms with Gasteiger partial charge in [0.05, 0.1) is 19.3 Å². The summed E-state index contributed by atoms with van der Waals surface area (Å²) < 4.78 is 11.4. The van der Waals surface area contributed by atoms with E-state index in [2.05, 4.69) is 44.1 Å². The Morgan fingerprint density at radius 1 is 1.40 bits per heavy atom. The van der Waals surface area contributed by atoms with Gasteiger partial charge >= 0.3 is 0 Å². The molecule has 0 aliphatic heterocycles. The Morgan fingerprint density at radius 2 is 2.15 bits per heavy atom. The molecule has 0 atom stereocenters. The van der Waals surface area contributed by atoms with E-state index in [1.165, 1.54) is 5.56 Å². The summed E-state index contributed by atoms with van der Waals surface area (Å²) in [5, 5.41) is 3.36. The van der Waals surface area contributed by atoms with Gasteiger partial charge in [-0.15, -0.1) is 0 Å². The van der Waals surface area contributed by atoms with Gasteiger partial charge in [0.25, 0.3) is 0 Å². The number of furan rings is 1. The van der Waals surface area contributed by atoms with Crippen molar-refractivity contribution in [3.63, 3.8) is 0 Å². The van der Waals surface area contributed by atoms with Crippen molar-refractivity contribution in [3.8, 4) is 0 Å². The van der Waals surface area contributed by atoms with Crippen LogP contribution in [0.15, 0.2) is 10.5 Å². The summed E-state index contributed by atoms with van der Waals surface area (Å²) in [7, 11) is 2.12. The second kappa shape index (κ2) is 9.16. The highest BCUT2D eigenvalue weighted by Gasteiger charge is 2.09. The van der Waals surface area contributed by atoms with Crippen LogP contribution in [0.3, 0.4) is 0 Å². The summed E-state index contributed by atoms with van der Waals surface area (Å²) >= 11 is 0. The lowest BCUT2D eigenvalue weighted by Gasteiger charge is -2.17. The van der Waals surface area contributed by atoms with E-state index < -0.39 is 0 Å². The molecule has 4 heteroatoms. The number of ether oxygens (including phenoxy) is 1. The summed E-state index contributed by atoms with van der Waals surface area (Å²) in [5.74, 6) is 2.05. The second-order valence-corrected chi connectivity index (χ2v) is 5.63. The molecular formula is C16H30N2O2. The Labute approximate surface area is 123 Å². The molecule has 1 aromatic rings. The van der Waals surface area contributed by atoms with E-state index in [0.717, 1.165) is 50.7 Å². The van der Waals surface area contributed by atoms with Crippen molar-refractivity contribution in [2.45, 2.75) is 53.3 Å². The van der Waals surface area contributed by atoms with Crippen LogP contribution < -0.4 is 5.32 Å². The Kier molecular flexibility index (Phi) is 7.88. The molecule has 116 valence electrons. The fourth-order valence-corrected chi connectivity index (χ4v) is 2.03. The minimum absolute atomic E-state index is 0.301. The van der Waals surface area contributed by atoms with E-state index in [0.29, 0.717) is 6.10 Å². The van der Waals surface area contributed by atoms with Gasteiger partial charge in [-0.25, -0.2) is 0 Å². The first-order valence-corrected chi connectivity index (χ1v) is 7.62. The summed E-state index contributed by atoms with van der Waals surface area (Å²) in [6, 6.07) is 2.16. The van der Waals surface area contributed by atoms with E-state index >= 15 is 0 Å². The van der Waals surface area contributed by atoms with Crippen LogP contribution in [0, 0.1) is 6.92 Å². The molecule has 0 radical (unpaired) electrons. The third-order valence-electron chi connectivity index (χ3n) is 3.16. The zero-order valence-electron chi connectivity index (χ0n) is 13.7. The molecule has 0 aliphatic rings. The van der Waals surface area contributed by atoms with Crippen LogP contribution in [0.5, 0.6) is 0 Å². The highest BCUT2D eigenvalue weighted by Crippen LogP contribution is 2.16. The van der Waals surface area contributed by atoms with Crippen molar-refractivity contribution in [1.29, 1.82) is 0 Å². The molecule has 0 unspecified atom stereocenters. The van der Waals surface area contributed by atoms with Crippen molar-refractivity contribution < 1.29 is 9.15 Å². The number of nitrogens with zero attached hydrogens (tertiary/aromatic N) is 1. The number of aryl methyl sites for hydroxylation is 1. The molecule has 0 spiro atoms. The lowest BCUT2D eigenvalue weighted by Crippen LogP contribution is -2.24. The van der Waals surface area contributed by atoms with Crippen molar-refractivity contribution in [1.82, 2.24) is 10.2 Å². The van der Waals surface area contributed by atoms with E-state index in [1.807, 2.05) is 6.92 Å². The Morgan fingerprint density at radius 3 is 2.80 bits per heavy atom. The van der Waals surface area contributed by atoms with Gasteiger partial charge < -0.3 is 14.5 Å². The standard InChI is InChI=1S/C16H30N2O2/c1-6-7-17-11-16-10-15(14(4)20-16)12-18(5)8-9-19-13(2)3/h10,13,17H,6-9,11-12H2,1-5H3. The van der Waals surface area contributed by atoms with Gasteiger partial charge in [0.1, 0.15) is 11.5 Å². The fraction of sp³-hybridized carbons (Fsp3) is 0.750. The Bertz CT molecular complexity index is 375. The largest absolute Gasteiger partial charge is 0.465 e. The van der Waals surface area contributed by atoms with Crippen LogP contribution in [-0.2, 0) is 17.8 Å². The van der Waals surface area contributed by atoms with E-state index in [9.17, 15) is 0 Å². The minimum Gasteiger partial charge on any atom is -0.465 e. The summed E-state index contributed by atoms with van der Waals surface area (Å²) in [6.45, 7) is 12.8. The van der Waals surface area contributed by atoms with Gasteiger partial charge in [-0.05, 0) is 46.9 Å². The van der Waals surface area contributed by atoms with Crippen LogP contribution in [0.4, 0.5) is 0 Å². The van der Waals surface area contributed by atoms with Crippen LogP contribution in [-0.4, -0.2) is 37.7 Å². The third kappa shape index (κ3) is 6.55. The highest BCUT2D eigenvalue weighted by atomic mass is 16.5. The van der Waals surface area contributed by atoms with Crippen LogP contribution in [0.2, 0.25) is 0 Å². The number of nitrogens with one attached hydrogen (secondary N) is 1. The van der Waals surface area contributed by atoms with Crippen LogP contribution in [0.25, 0.3) is 0 Å². The first kappa shape index (κ1) is 17.2. The van der Waals surface area contributed by atoms with Crippen molar-refractivity contribution in [2.24, 2.45) is 0 Å². The SMILES string of the molecule is CCCNCc1cc(CN(C)CCOC(C)C)c(C)o1. The maximum Gasteiger partial charge on any atom is 0.118 e. The van der Waals surface area contributed by atoms with E-state index in [-0.39, 0.29) is 0 Å². The molecule has 0 amide bonds. The Hall–Kier alpha value is -0.840. The molecular weight excluding hydrogens is 252 g/mol. The zero-order valence-corrected chi connectivity index (χ0v) is 13.7. The van der Waals surface area contributed by atoms with Gasteiger partial charge in [0.15, 0.2) is 0 Å². The Balaban J connectivity index is 2.38. The highest BCUT2D eigenvalue weighted by molar-refractivity contribution is 5.20. The van der Waals surface area contributed by atoms with Gasteiger partial charge in [0.2, 0.25) is 0 Å². The maximum absolute atomic E-state index is 5.78. The van der Waals surface area contributed by atoms with Gasteiger partial charge in [0, 0.05) is 18.7 Å². The smallest absolute Gasteiger partial charge is 0.118 e. The van der Waals surface area contributed by atoms with Gasteiger partial charge in [-0.3, -0.25) is 4.90 Å². The average molecular weight is 282 g/mol. The predicted octanol–water partition coefficient (Wildman–Crippen LogP) is 2.94. The van der Waals surface area contributed by atoms with E-state index in [1.54, 1.807) is 0 Å². The number of rotatable bonds is 10. The molecule has 0 bridgehead atoms. The van der Waals surface area contributed by atoms with Crippen LogP contribution >= 0.6 is 0 Å². The molecule has 0 aliphatic carbocycles. The molecule has 4 nitrogen and oxygen atoms in total. The number of likely N-dealkylation sites (N-methyl/N-ethyl adjacent to an activating group) is 1. The molecule has 0 aromatic carbocycles. The molecule has 1 heterocycles. The number of hydrogen-bond acceptors (Lipinski definition) is 4. The van der Waals surface area contributed by atoms with Gasteiger partial charge in [-0.1, -0.05) is 6.92 Å². The molecule has 1 rings (SSSR count). The predicted molar refractivity (Wildman–Crippen MR) is 82.9 cm³/mol. The lowest BCUT2D eigenvalue weighted by atomic mass is 10.2. The first-order chi connectivity index (χ1) is 9.52. The monoisotopic (exact) mass is 282 g/mol. The first-order valence-electron chi connectivity index (χ1n) is 7.62. The molecule has 20 heavy (non-hydrogen) atoms.